The highest BCUT2D eigenvalue weighted by atomic mass is 35.5. The van der Waals surface area contributed by atoms with Crippen LogP contribution in [0.5, 0.6) is 0 Å². The minimum Gasteiger partial charge on any atom is -0.381 e. The van der Waals surface area contributed by atoms with E-state index in [-0.39, 0.29) is 5.95 Å². The van der Waals surface area contributed by atoms with Crippen LogP contribution < -0.4 is 11.1 Å². The van der Waals surface area contributed by atoms with Gasteiger partial charge in [0, 0.05) is 25.1 Å². The molecule has 0 spiro atoms. The quantitative estimate of drug-likeness (QED) is 0.760. The number of anilines is 2. The van der Waals surface area contributed by atoms with E-state index in [0.717, 1.165) is 26.2 Å². The number of nitrogens with one attached hydrogen (secondary N) is 1. The SMILES string of the molecule is Nc1nc(Cl)cc(NCC2CCOC2)n1. The van der Waals surface area contributed by atoms with Crippen molar-refractivity contribution in [2.75, 3.05) is 30.8 Å². The molecule has 3 N–H and O–H groups in total. The number of ether oxygens (including phenoxy) is 1. The molecule has 1 unspecified atom stereocenters. The lowest BCUT2D eigenvalue weighted by Gasteiger charge is -2.10. The van der Waals surface area contributed by atoms with Gasteiger partial charge in [0.15, 0.2) is 0 Å². The van der Waals surface area contributed by atoms with E-state index in [9.17, 15) is 0 Å². The van der Waals surface area contributed by atoms with Crippen LogP contribution in [-0.4, -0.2) is 29.7 Å². The molecule has 0 aromatic carbocycles. The molecule has 0 bridgehead atoms. The third-order valence-corrected chi connectivity index (χ3v) is 2.50. The number of nitrogens with two attached hydrogens (primary N) is 1. The van der Waals surface area contributed by atoms with Crippen LogP contribution in [0.2, 0.25) is 5.15 Å². The highest BCUT2D eigenvalue weighted by Gasteiger charge is 2.15. The fourth-order valence-electron chi connectivity index (χ4n) is 1.52. The summed E-state index contributed by atoms with van der Waals surface area (Å²) in [5.41, 5.74) is 5.47. The van der Waals surface area contributed by atoms with E-state index in [1.165, 1.54) is 0 Å². The first-order valence-electron chi connectivity index (χ1n) is 4.86. The molecule has 5 nitrogen and oxygen atoms in total. The predicted octanol–water partition coefficient (Wildman–Crippen LogP) is 1.16. The van der Waals surface area contributed by atoms with Crippen LogP contribution in [0.4, 0.5) is 11.8 Å². The summed E-state index contributed by atoms with van der Waals surface area (Å²) in [6.07, 6.45) is 1.08. The average molecular weight is 229 g/mol. The van der Waals surface area contributed by atoms with Crippen molar-refractivity contribution >= 4 is 23.4 Å². The monoisotopic (exact) mass is 228 g/mol. The lowest BCUT2D eigenvalue weighted by Crippen LogP contribution is -2.15. The standard InChI is InChI=1S/C9H13ClN4O/c10-7-3-8(14-9(11)13-7)12-4-6-1-2-15-5-6/h3,6H,1-2,4-5H2,(H3,11,12,13,14). The van der Waals surface area contributed by atoms with Crippen LogP contribution in [0.1, 0.15) is 6.42 Å². The molecule has 0 aliphatic carbocycles. The zero-order valence-electron chi connectivity index (χ0n) is 8.24. The second kappa shape index (κ2) is 4.63. The first kappa shape index (κ1) is 10.4. The van der Waals surface area contributed by atoms with Crippen molar-refractivity contribution < 1.29 is 4.74 Å². The number of nitrogen functional groups attached to an aromatic ring is 1. The zero-order valence-corrected chi connectivity index (χ0v) is 9.00. The fourth-order valence-corrected chi connectivity index (χ4v) is 1.71. The van der Waals surface area contributed by atoms with E-state index < -0.39 is 0 Å². The highest BCUT2D eigenvalue weighted by molar-refractivity contribution is 6.29. The number of aromatic nitrogens is 2. The molecule has 0 amide bonds. The van der Waals surface area contributed by atoms with Crippen molar-refractivity contribution in [2.45, 2.75) is 6.42 Å². The van der Waals surface area contributed by atoms with E-state index in [1.807, 2.05) is 0 Å². The van der Waals surface area contributed by atoms with Gasteiger partial charge in [0.2, 0.25) is 5.95 Å². The summed E-state index contributed by atoms with van der Waals surface area (Å²) >= 11 is 5.75. The molecule has 2 rings (SSSR count). The van der Waals surface area contributed by atoms with Gasteiger partial charge in [-0.15, -0.1) is 0 Å². The molecule has 1 aromatic rings. The Morgan fingerprint density at radius 1 is 1.60 bits per heavy atom. The first-order valence-corrected chi connectivity index (χ1v) is 5.23. The number of hydrogen-bond acceptors (Lipinski definition) is 5. The molecule has 1 aliphatic rings. The maximum atomic E-state index is 5.75. The van der Waals surface area contributed by atoms with Gasteiger partial charge in [-0.25, -0.2) is 4.98 Å². The van der Waals surface area contributed by atoms with Crippen molar-refractivity contribution in [1.82, 2.24) is 9.97 Å². The van der Waals surface area contributed by atoms with E-state index in [1.54, 1.807) is 6.07 Å². The topological polar surface area (TPSA) is 73.1 Å². The Morgan fingerprint density at radius 3 is 3.13 bits per heavy atom. The molecule has 6 heteroatoms. The Balaban J connectivity index is 1.92. The second-order valence-electron chi connectivity index (χ2n) is 3.54. The van der Waals surface area contributed by atoms with Crippen molar-refractivity contribution in [3.63, 3.8) is 0 Å². The lowest BCUT2D eigenvalue weighted by atomic mass is 10.1. The third kappa shape index (κ3) is 2.94. The molecule has 2 heterocycles. The van der Waals surface area contributed by atoms with Crippen LogP contribution in [0, 0.1) is 5.92 Å². The Labute approximate surface area is 93.0 Å². The van der Waals surface area contributed by atoms with Gasteiger partial charge in [-0.2, -0.15) is 4.98 Å². The summed E-state index contributed by atoms with van der Waals surface area (Å²) in [5.74, 6) is 1.40. The molecule has 1 saturated heterocycles. The Hall–Kier alpha value is -1.07. The first-order chi connectivity index (χ1) is 7.24. The van der Waals surface area contributed by atoms with Crippen molar-refractivity contribution in [3.8, 4) is 0 Å². The minimum atomic E-state index is 0.188. The molecule has 1 aromatic heterocycles. The van der Waals surface area contributed by atoms with Crippen molar-refractivity contribution in [2.24, 2.45) is 5.92 Å². The summed E-state index contributed by atoms with van der Waals surface area (Å²) in [4.78, 5) is 7.81. The summed E-state index contributed by atoms with van der Waals surface area (Å²) < 4.78 is 5.27. The summed E-state index contributed by atoms with van der Waals surface area (Å²) in [6, 6.07) is 1.66. The van der Waals surface area contributed by atoms with Gasteiger partial charge in [-0.3, -0.25) is 0 Å². The number of hydrogen-bond donors (Lipinski definition) is 2. The molecule has 1 atom stereocenters. The van der Waals surface area contributed by atoms with Gasteiger partial charge >= 0.3 is 0 Å². The highest BCUT2D eigenvalue weighted by Crippen LogP contribution is 2.15. The van der Waals surface area contributed by atoms with Crippen LogP contribution in [0.3, 0.4) is 0 Å². The van der Waals surface area contributed by atoms with E-state index in [2.05, 4.69) is 15.3 Å². The van der Waals surface area contributed by atoms with Gasteiger partial charge in [-0.05, 0) is 6.42 Å². The van der Waals surface area contributed by atoms with Gasteiger partial charge in [0.1, 0.15) is 11.0 Å². The molecule has 0 radical (unpaired) electrons. The van der Waals surface area contributed by atoms with Gasteiger partial charge in [0.05, 0.1) is 6.61 Å². The van der Waals surface area contributed by atoms with Crippen molar-refractivity contribution in [1.29, 1.82) is 0 Å². The summed E-state index contributed by atoms with van der Waals surface area (Å²) in [6.45, 7) is 2.48. The van der Waals surface area contributed by atoms with Crippen LogP contribution in [0.25, 0.3) is 0 Å². The third-order valence-electron chi connectivity index (χ3n) is 2.31. The summed E-state index contributed by atoms with van der Waals surface area (Å²) in [5, 5.41) is 3.53. The van der Waals surface area contributed by atoms with Crippen molar-refractivity contribution in [3.05, 3.63) is 11.2 Å². The van der Waals surface area contributed by atoms with Gasteiger partial charge in [-0.1, -0.05) is 11.6 Å². The van der Waals surface area contributed by atoms with E-state index in [0.29, 0.717) is 16.9 Å². The molecule has 82 valence electrons. The molecule has 0 saturated carbocycles. The summed E-state index contributed by atoms with van der Waals surface area (Å²) in [7, 11) is 0. The van der Waals surface area contributed by atoms with Gasteiger partial charge in [0.25, 0.3) is 0 Å². The Kier molecular flexibility index (Phi) is 3.23. The molecule has 15 heavy (non-hydrogen) atoms. The Morgan fingerprint density at radius 2 is 2.47 bits per heavy atom. The maximum absolute atomic E-state index is 5.75. The van der Waals surface area contributed by atoms with Crippen LogP contribution >= 0.6 is 11.6 Å². The lowest BCUT2D eigenvalue weighted by molar-refractivity contribution is 0.187. The van der Waals surface area contributed by atoms with E-state index >= 15 is 0 Å². The van der Waals surface area contributed by atoms with Crippen LogP contribution in [-0.2, 0) is 4.74 Å². The minimum absolute atomic E-state index is 0.188. The predicted molar refractivity (Wildman–Crippen MR) is 58.9 cm³/mol. The molecule has 1 aliphatic heterocycles. The smallest absolute Gasteiger partial charge is 0.223 e. The van der Waals surface area contributed by atoms with Crippen LogP contribution in [0.15, 0.2) is 6.07 Å². The fraction of sp³-hybridized carbons (Fsp3) is 0.556. The average Bonchev–Trinajstić information content (AvgIpc) is 2.65. The number of nitrogens with zero attached hydrogens (tertiary/aromatic N) is 2. The molecule has 1 fully saturated rings. The number of halogens is 1. The number of rotatable bonds is 3. The zero-order chi connectivity index (χ0) is 10.7. The van der Waals surface area contributed by atoms with E-state index in [4.69, 9.17) is 22.1 Å². The second-order valence-corrected chi connectivity index (χ2v) is 3.93. The maximum Gasteiger partial charge on any atom is 0.223 e. The largest absolute Gasteiger partial charge is 0.381 e. The van der Waals surface area contributed by atoms with Gasteiger partial charge < -0.3 is 15.8 Å². The Bertz CT molecular complexity index is 321. The molecular formula is C9H13ClN4O. The normalized spacial score (nSPS) is 20.5. The molecular weight excluding hydrogens is 216 g/mol.